The highest BCUT2D eigenvalue weighted by atomic mass is 16.2. The first kappa shape index (κ1) is 16.1. The van der Waals surface area contributed by atoms with Crippen molar-refractivity contribution in [2.75, 3.05) is 0 Å². The van der Waals surface area contributed by atoms with E-state index in [2.05, 4.69) is 25.5 Å². The lowest BCUT2D eigenvalue weighted by molar-refractivity contribution is -0.131. The highest BCUT2D eigenvalue weighted by Gasteiger charge is 2.27. The number of fused-ring (bicyclic) bond motifs is 1. The molecule has 0 radical (unpaired) electrons. The third-order valence-corrected chi connectivity index (χ3v) is 4.42. The summed E-state index contributed by atoms with van der Waals surface area (Å²) in [6.07, 6.45) is 0.264. The van der Waals surface area contributed by atoms with Crippen LogP contribution in [0.1, 0.15) is 28.5 Å². The monoisotopic (exact) mass is 351 g/mol. The Morgan fingerprint density at radius 3 is 2.65 bits per heavy atom. The Labute approximate surface area is 148 Å². The Morgan fingerprint density at radius 2 is 1.96 bits per heavy atom. The van der Waals surface area contributed by atoms with Crippen LogP contribution in [0, 0.1) is 13.8 Å². The molecule has 1 amide bonds. The molecule has 26 heavy (non-hydrogen) atoms. The first-order valence-corrected chi connectivity index (χ1v) is 8.22. The molecule has 3 heterocycles. The summed E-state index contributed by atoms with van der Waals surface area (Å²) in [7, 11) is 0. The zero-order valence-corrected chi connectivity index (χ0v) is 14.4. The van der Waals surface area contributed by atoms with Gasteiger partial charge in [-0.3, -0.25) is 9.59 Å². The lowest BCUT2D eigenvalue weighted by Crippen LogP contribution is -2.27. The van der Waals surface area contributed by atoms with E-state index in [1.165, 1.54) is 0 Å². The predicted octanol–water partition coefficient (Wildman–Crippen LogP) is 0.447. The molecule has 0 saturated heterocycles. The highest BCUT2D eigenvalue weighted by Crippen LogP contribution is 2.19. The molecule has 1 N–H and O–H groups in total. The highest BCUT2D eigenvalue weighted by molar-refractivity contribution is 5.79. The number of nitrogens with zero attached hydrogens (tertiary/aromatic N) is 6. The number of rotatable bonds is 3. The minimum Gasteiger partial charge on any atom is -0.332 e. The van der Waals surface area contributed by atoms with Crippen molar-refractivity contribution in [2.45, 2.75) is 33.4 Å². The average molecular weight is 351 g/mol. The Balaban J connectivity index is 1.47. The van der Waals surface area contributed by atoms with Gasteiger partial charge in [-0.25, -0.2) is 4.98 Å². The van der Waals surface area contributed by atoms with Gasteiger partial charge in [0.2, 0.25) is 5.91 Å². The number of aromatic amines is 1. The number of hydrogen-bond donors (Lipinski definition) is 1. The van der Waals surface area contributed by atoms with E-state index in [-0.39, 0.29) is 17.9 Å². The van der Waals surface area contributed by atoms with Gasteiger partial charge >= 0.3 is 0 Å². The molecule has 4 rings (SSSR count). The van der Waals surface area contributed by atoms with E-state index in [1.807, 2.05) is 31.2 Å². The molecule has 9 heteroatoms. The van der Waals surface area contributed by atoms with Crippen molar-refractivity contribution in [2.24, 2.45) is 0 Å². The lowest BCUT2D eigenvalue weighted by Gasteiger charge is -2.15. The molecule has 0 saturated carbocycles. The van der Waals surface area contributed by atoms with Crippen LogP contribution in [0.2, 0.25) is 0 Å². The van der Waals surface area contributed by atoms with E-state index in [0.29, 0.717) is 36.0 Å². The Kier molecular flexibility index (Phi) is 3.83. The first-order chi connectivity index (χ1) is 12.5. The molecule has 2 aromatic heterocycles. The second-order valence-corrected chi connectivity index (χ2v) is 6.31. The van der Waals surface area contributed by atoms with E-state index in [0.717, 1.165) is 11.3 Å². The zero-order valence-electron chi connectivity index (χ0n) is 14.4. The van der Waals surface area contributed by atoms with Crippen LogP contribution in [-0.2, 0) is 24.3 Å². The molecule has 0 spiro atoms. The quantitative estimate of drug-likeness (QED) is 0.733. The molecule has 1 aliphatic heterocycles. The van der Waals surface area contributed by atoms with Gasteiger partial charge in [0.15, 0.2) is 5.82 Å². The maximum atomic E-state index is 12.6. The van der Waals surface area contributed by atoms with E-state index >= 15 is 0 Å². The van der Waals surface area contributed by atoms with Crippen LogP contribution in [0.3, 0.4) is 0 Å². The number of hydrogen-bond acceptors (Lipinski definition) is 6. The van der Waals surface area contributed by atoms with Crippen LogP contribution in [0.4, 0.5) is 0 Å². The maximum Gasteiger partial charge on any atom is 0.256 e. The second-order valence-electron chi connectivity index (χ2n) is 6.31. The fraction of sp³-hybridized carbons (Fsp3) is 0.294. The van der Waals surface area contributed by atoms with E-state index in [4.69, 9.17) is 0 Å². The summed E-state index contributed by atoms with van der Waals surface area (Å²) in [5.41, 5.74) is 2.82. The number of aromatic nitrogens is 6. The van der Waals surface area contributed by atoms with Gasteiger partial charge in [-0.15, -0.1) is 5.10 Å². The Morgan fingerprint density at radius 1 is 1.19 bits per heavy atom. The molecular weight excluding hydrogens is 334 g/mol. The van der Waals surface area contributed by atoms with Gasteiger partial charge in [0.05, 0.1) is 36.5 Å². The largest absolute Gasteiger partial charge is 0.332 e. The van der Waals surface area contributed by atoms with Gasteiger partial charge in [0, 0.05) is 0 Å². The van der Waals surface area contributed by atoms with Crippen molar-refractivity contribution < 1.29 is 4.79 Å². The number of tetrazole rings is 1. The molecule has 0 unspecified atom stereocenters. The topological polar surface area (TPSA) is 110 Å². The van der Waals surface area contributed by atoms with Crippen LogP contribution in [0.25, 0.3) is 5.69 Å². The van der Waals surface area contributed by atoms with Crippen molar-refractivity contribution in [3.63, 3.8) is 0 Å². The average Bonchev–Trinajstić information content (AvgIpc) is 3.22. The third kappa shape index (κ3) is 2.87. The second kappa shape index (κ2) is 6.17. The summed E-state index contributed by atoms with van der Waals surface area (Å²) in [5.74, 6) is 1.22. The summed E-state index contributed by atoms with van der Waals surface area (Å²) in [6, 6.07) is 7.51. The molecular formula is C17H17N7O2. The Bertz CT molecular complexity index is 1040. The van der Waals surface area contributed by atoms with Crippen LogP contribution < -0.4 is 5.56 Å². The molecule has 3 aromatic rings. The van der Waals surface area contributed by atoms with Gasteiger partial charge < -0.3 is 9.88 Å². The van der Waals surface area contributed by atoms with Gasteiger partial charge in [-0.05, 0) is 42.0 Å². The summed E-state index contributed by atoms with van der Waals surface area (Å²) in [4.78, 5) is 33.3. The van der Waals surface area contributed by atoms with Crippen LogP contribution in [0.15, 0.2) is 29.1 Å². The van der Waals surface area contributed by atoms with Gasteiger partial charge in [0.25, 0.3) is 5.56 Å². The fourth-order valence-corrected chi connectivity index (χ4v) is 3.08. The number of H-pyrrole nitrogens is 1. The number of aryl methyl sites for hydroxylation is 2. The van der Waals surface area contributed by atoms with Gasteiger partial charge in [0.1, 0.15) is 5.82 Å². The SMILES string of the molecule is Cc1nc2c(c(=O)[nH]1)CN(C(=O)Cc1ccc(-n3nnnc3C)cc1)C2. The lowest BCUT2D eigenvalue weighted by atomic mass is 10.1. The summed E-state index contributed by atoms with van der Waals surface area (Å²) >= 11 is 0. The minimum absolute atomic E-state index is 0.0357. The number of amides is 1. The smallest absolute Gasteiger partial charge is 0.256 e. The van der Waals surface area contributed by atoms with Crippen LogP contribution in [0.5, 0.6) is 0 Å². The van der Waals surface area contributed by atoms with Crippen LogP contribution in [-0.4, -0.2) is 41.0 Å². The fourth-order valence-electron chi connectivity index (χ4n) is 3.08. The molecule has 0 aliphatic carbocycles. The molecule has 1 aliphatic rings. The summed E-state index contributed by atoms with van der Waals surface area (Å²) < 4.78 is 1.63. The molecule has 0 fully saturated rings. The minimum atomic E-state index is -0.163. The van der Waals surface area contributed by atoms with Crippen molar-refractivity contribution in [3.8, 4) is 5.69 Å². The number of nitrogens with one attached hydrogen (secondary N) is 1. The first-order valence-electron chi connectivity index (χ1n) is 8.22. The van der Waals surface area contributed by atoms with Crippen LogP contribution >= 0.6 is 0 Å². The van der Waals surface area contributed by atoms with Gasteiger partial charge in [-0.1, -0.05) is 12.1 Å². The van der Waals surface area contributed by atoms with E-state index in [1.54, 1.807) is 16.5 Å². The van der Waals surface area contributed by atoms with Crippen molar-refractivity contribution >= 4 is 5.91 Å². The molecule has 132 valence electrons. The summed E-state index contributed by atoms with van der Waals surface area (Å²) in [6.45, 7) is 4.24. The number of carbonyl (C=O) groups excluding carboxylic acids is 1. The molecule has 0 bridgehead atoms. The predicted molar refractivity (Wildman–Crippen MR) is 91.4 cm³/mol. The maximum absolute atomic E-state index is 12.6. The molecule has 9 nitrogen and oxygen atoms in total. The van der Waals surface area contributed by atoms with Gasteiger partial charge in [-0.2, -0.15) is 4.68 Å². The number of carbonyl (C=O) groups is 1. The van der Waals surface area contributed by atoms with E-state index in [9.17, 15) is 9.59 Å². The van der Waals surface area contributed by atoms with Crippen molar-refractivity contribution in [1.82, 2.24) is 35.1 Å². The zero-order chi connectivity index (χ0) is 18.3. The Hall–Kier alpha value is -3.36. The van der Waals surface area contributed by atoms with Crippen molar-refractivity contribution in [3.05, 3.63) is 63.1 Å². The summed E-state index contributed by atoms with van der Waals surface area (Å²) in [5, 5.41) is 11.4. The third-order valence-electron chi connectivity index (χ3n) is 4.42. The standard InChI is InChI=1S/C17H17N7O2/c1-10-18-15-9-23(8-14(15)17(26)19-10)16(25)7-12-3-5-13(6-4-12)24-11(2)20-21-22-24/h3-6H,7-9H2,1-2H3,(H,18,19,26). The number of benzene rings is 1. The van der Waals surface area contributed by atoms with E-state index < -0.39 is 0 Å². The normalized spacial score (nSPS) is 13.1. The van der Waals surface area contributed by atoms with Crippen molar-refractivity contribution in [1.29, 1.82) is 0 Å². The molecule has 1 aromatic carbocycles. The molecule has 0 atom stereocenters.